The number of nitrogens with one attached hydrogen (secondary N) is 1. The highest BCUT2D eigenvalue weighted by atomic mass is 32.1. The maximum atomic E-state index is 13.2. The van der Waals surface area contributed by atoms with Crippen molar-refractivity contribution in [2.45, 2.75) is 6.54 Å². The zero-order chi connectivity index (χ0) is 19.0. The van der Waals surface area contributed by atoms with Crippen LogP contribution in [0.3, 0.4) is 0 Å². The van der Waals surface area contributed by atoms with E-state index >= 15 is 0 Å². The van der Waals surface area contributed by atoms with E-state index in [1.54, 1.807) is 11.6 Å². The van der Waals surface area contributed by atoms with Crippen LogP contribution in [0.2, 0.25) is 0 Å². The number of benzene rings is 1. The number of halogens is 2. The molecule has 0 aliphatic heterocycles. The van der Waals surface area contributed by atoms with Crippen LogP contribution in [0, 0.1) is 11.6 Å². The Balaban J connectivity index is 1.54. The van der Waals surface area contributed by atoms with Crippen molar-refractivity contribution < 1.29 is 13.6 Å². The Morgan fingerprint density at radius 1 is 1.26 bits per heavy atom. The Labute approximate surface area is 157 Å². The molecule has 1 aromatic carbocycles. The number of thiazole rings is 1. The lowest BCUT2D eigenvalue weighted by Gasteiger charge is -2.04. The Morgan fingerprint density at radius 3 is 2.81 bits per heavy atom. The van der Waals surface area contributed by atoms with Crippen molar-refractivity contribution in [1.82, 2.24) is 19.9 Å². The number of hydrogen-bond donors (Lipinski definition) is 1. The van der Waals surface area contributed by atoms with Gasteiger partial charge in [-0.15, -0.1) is 11.3 Å². The molecular weight excluding hydrogens is 370 g/mol. The number of hydrogen-bond acceptors (Lipinski definition) is 4. The van der Waals surface area contributed by atoms with Crippen molar-refractivity contribution >= 4 is 28.3 Å². The van der Waals surface area contributed by atoms with Crippen LogP contribution in [-0.2, 0) is 13.6 Å². The summed E-state index contributed by atoms with van der Waals surface area (Å²) < 4.78 is 28.4. The first-order valence-electron chi connectivity index (χ1n) is 8.10. The SMILES string of the molecule is Cn1cc(-c2nc(C(=O)NCc3cc(F)cc(F)c3)cs2)c2cccnc21. The molecule has 4 aromatic rings. The van der Waals surface area contributed by atoms with Gasteiger partial charge in [0.2, 0.25) is 0 Å². The average molecular weight is 384 g/mol. The Kier molecular flexibility index (Phi) is 4.41. The van der Waals surface area contributed by atoms with Gasteiger partial charge in [0.25, 0.3) is 5.91 Å². The molecule has 0 saturated carbocycles. The minimum atomic E-state index is -0.681. The van der Waals surface area contributed by atoms with Gasteiger partial charge in [0, 0.05) is 48.4 Å². The largest absolute Gasteiger partial charge is 0.347 e. The monoisotopic (exact) mass is 384 g/mol. The van der Waals surface area contributed by atoms with Crippen LogP contribution >= 0.6 is 11.3 Å². The summed E-state index contributed by atoms with van der Waals surface area (Å²) in [6, 6.07) is 6.96. The first kappa shape index (κ1) is 17.3. The van der Waals surface area contributed by atoms with E-state index in [1.165, 1.54) is 23.5 Å². The van der Waals surface area contributed by atoms with E-state index in [9.17, 15) is 13.6 Å². The fraction of sp³-hybridized carbons (Fsp3) is 0.105. The number of rotatable bonds is 4. The van der Waals surface area contributed by atoms with Gasteiger partial charge in [0.05, 0.1) is 0 Å². The number of pyridine rings is 1. The molecular formula is C19H14F2N4OS. The molecule has 1 amide bonds. The molecule has 0 spiro atoms. The summed E-state index contributed by atoms with van der Waals surface area (Å²) in [5, 5.41) is 5.95. The van der Waals surface area contributed by atoms with Gasteiger partial charge < -0.3 is 9.88 Å². The van der Waals surface area contributed by atoms with Gasteiger partial charge in [-0.1, -0.05) is 0 Å². The Hall–Kier alpha value is -3.13. The van der Waals surface area contributed by atoms with Gasteiger partial charge in [-0.2, -0.15) is 0 Å². The first-order valence-corrected chi connectivity index (χ1v) is 8.98. The highest BCUT2D eigenvalue weighted by Crippen LogP contribution is 2.31. The van der Waals surface area contributed by atoms with Gasteiger partial charge in [0.15, 0.2) is 0 Å². The van der Waals surface area contributed by atoms with E-state index in [-0.39, 0.29) is 12.2 Å². The summed E-state index contributed by atoms with van der Waals surface area (Å²) in [6.07, 6.45) is 3.65. The second-order valence-corrected chi connectivity index (χ2v) is 6.88. The lowest BCUT2D eigenvalue weighted by Crippen LogP contribution is -2.23. The normalized spacial score (nSPS) is 11.1. The van der Waals surface area contributed by atoms with Crippen LogP contribution in [0.4, 0.5) is 8.78 Å². The van der Waals surface area contributed by atoms with Crippen LogP contribution in [0.1, 0.15) is 16.1 Å². The quantitative estimate of drug-likeness (QED) is 0.580. The van der Waals surface area contributed by atoms with Crippen LogP contribution in [0.5, 0.6) is 0 Å². The molecule has 0 unspecified atom stereocenters. The number of aryl methyl sites for hydroxylation is 1. The van der Waals surface area contributed by atoms with Crippen molar-refractivity contribution in [2.24, 2.45) is 7.05 Å². The van der Waals surface area contributed by atoms with E-state index in [4.69, 9.17) is 0 Å². The van der Waals surface area contributed by atoms with Crippen molar-refractivity contribution in [3.63, 3.8) is 0 Å². The third-order valence-electron chi connectivity index (χ3n) is 4.08. The molecule has 3 aromatic heterocycles. The van der Waals surface area contributed by atoms with Gasteiger partial charge in [-0.05, 0) is 29.8 Å². The molecule has 0 bridgehead atoms. The highest BCUT2D eigenvalue weighted by molar-refractivity contribution is 7.13. The summed E-state index contributed by atoms with van der Waals surface area (Å²) in [5.41, 5.74) is 2.34. The Morgan fingerprint density at radius 2 is 2.04 bits per heavy atom. The first-order chi connectivity index (χ1) is 13.0. The number of carbonyl (C=O) groups is 1. The third kappa shape index (κ3) is 3.43. The number of nitrogens with zero attached hydrogens (tertiary/aromatic N) is 3. The molecule has 0 radical (unpaired) electrons. The van der Waals surface area contributed by atoms with E-state index in [0.29, 0.717) is 10.6 Å². The summed E-state index contributed by atoms with van der Waals surface area (Å²) in [5.74, 6) is -1.76. The maximum Gasteiger partial charge on any atom is 0.271 e. The predicted octanol–water partition coefficient (Wildman–Crippen LogP) is 3.91. The smallest absolute Gasteiger partial charge is 0.271 e. The fourth-order valence-electron chi connectivity index (χ4n) is 2.87. The lowest BCUT2D eigenvalue weighted by atomic mass is 10.2. The second-order valence-electron chi connectivity index (χ2n) is 6.03. The minimum absolute atomic E-state index is 0.0125. The number of fused-ring (bicyclic) bond motifs is 1. The van der Waals surface area contributed by atoms with Gasteiger partial charge in [-0.25, -0.2) is 18.7 Å². The molecule has 1 N–H and O–H groups in total. The molecule has 0 fully saturated rings. The van der Waals surface area contributed by atoms with Gasteiger partial charge >= 0.3 is 0 Å². The van der Waals surface area contributed by atoms with Gasteiger partial charge in [-0.3, -0.25) is 4.79 Å². The van der Waals surface area contributed by atoms with E-state index in [2.05, 4.69) is 15.3 Å². The average Bonchev–Trinajstić information content (AvgIpc) is 3.24. The topological polar surface area (TPSA) is 59.8 Å². The number of amides is 1. The van der Waals surface area contributed by atoms with E-state index < -0.39 is 17.5 Å². The summed E-state index contributed by atoms with van der Waals surface area (Å²) in [6.45, 7) is 0.0125. The Bertz CT molecular complexity index is 1130. The van der Waals surface area contributed by atoms with E-state index in [1.807, 2.05) is 29.9 Å². The molecule has 0 aliphatic rings. The van der Waals surface area contributed by atoms with Crippen molar-refractivity contribution in [2.75, 3.05) is 0 Å². The standard InChI is InChI=1S/C19H14F2N4OS/c1-25-9-15(14-3-2-4-22-17(14)25)19-24-16(10-27-19)18(26)23-8-11-5-12(20)7-13(21)6-11/h2-7,9-10H,8H2,1H3,(H,23,26). The van der Waals surface area contributed by atoms with Crippen LogP contribution in [0.15, 0.2) is 48.1 Å². The molecule has 27 heavy (non-hydrogen) atoms. The predicted molar refractivity (Wildman–Crippen MR) is 99.4 cm³/mol. The summed E-state index contributed by atoms with van der Waals surface area (Å²) in [4.78, 5) is 21.1. The molecule has 8 heteroatoms. The molecule has 0 atom stereocenters. The molecule has 4 rings (SSSR count). The molecule has 3 heterocycles. The minimum Gasteiger partial charge on any atom is -0.347 e. The van der Waals surface area contributed by atoms with Crippen molar-refractivity contribution in [3.05, 3.63) is 71.0 Å². The van der Waals surface area contributed by atoms with Gasteiger partial charge in [0.1, 0.15) is 28.0 Å². The van der Waals surface area contributed by atoms with Crippen LogP contribution in [-0.4, -0.2) is 20.4 Å². The highest BCUT2D eigenvalue weighted by Gasteiger charge is 2.16. The van der Waals surface area contributed by atoms with Crippen molar-refractivity contribution in [3.8, 4) is 10.6 Å². The summed E-state index contributed by atoms with van der Waals surface area (Å²) in [7, 11) is 1.90. The van der Waals surface area contributed by atoms with Crippen molar-refractivity contribution in [1.29, 1.82) is 0 Å². The fourth-order valence-corrected chi connectivity index (χ4v) is 3.69. The number of aromatic nitrogens is 3. The molecule has 136 valence electrons. The molecule has 5 nitrogen and oxygen atoms in total. The molecule has 0 saturated heterocycles. The summed E-state index contributed by atoms with van der Waals surface area (Å²) >= 11 is 1.35. The maximum absolute atomic E-state index is 13.2. The second kappa shape index (κ2) is 6.88. The zero-order valence-corrected chi connectivity index (χ0v) is 15.1. The van der Waals surface area contributed by atoms with E-state index in [0.717, 1.165) is 22.7 Å². The lowest BCUT2D eigenvalue weighted by molar-refractivity contribution is 0.0946. The molecule has 0 aliphatic carbocycles. The number of carbonyl (C=O) groups excluding carboxylic acids is 1. The zero-order valence-electron chi connectivity index (χ0n) is 14.2. The third-order valence-corrected chi connectivity index (χ3v) is 4.95. The van der Waals surface area contributed by atoms with Crippen LogP contribution < -0.4 is 5.32 Å². The van der Waals surface area contributed by atoms with Crippen LogP contribution in [0.25, 0.3) is 21.6 Å².